The monoisotopic (exact) mass is 552 g/mol. The third-order valence-corrected chi connectivity index (χ3v) is 6.50. The number of halogens is 6. The fourth-order valence-corrected chi connectivity index (χ4v) is 4.77. The highest BCUT2D eigenvalue weighted by Crippen LogP contribution is 2.40. The van der Waals surface area contributed by atoms with Crippen molar-refractivity contribution in [3.8, 4) is 16.9 Å². The van der Waals surface area contributed by atoms with Crippen molar-refractivity contribution in [2.24, 2.45) is 5.73 Å². The Labute approximate surface area is 225 Å². The molecule has 0 radical (unpaired) electrons. The standard InChI is InChI=1S/C31H22F6N2O/c32-30(33,34)26-14-6-13-25-27(23(18-39-29(25)26)15-19-7-2-1-3-8-19)20-9-4-10-21(16-20)28(38)22-11-5-12-24(17-22)40-31(35,36)37/h1-14,16-18,28H,15,38H2. The Morgan fingerprint density at radius 3 is 2.12 bits per heavy atom. The van der Waals surface area contributed by atoms with E-state index in [1.165, 1.54) is 30.5 Å². The third kappa shape index (κ3) is 5.94. The van der Waals surface area contributed by atoms with Gasteiger partial charge in [-0.15, -0.1) is 13.2 Å². The summed E-state index contributed by atoms with van der Waals surface area (Å²) in [4.78, 5) is 4.22. The van der Waals surface area contributed by atoms with Crippen molar-refractivity contribution >= 4 is 10.9 Å². The first-order valence-electron chi connectivity index (χ1n) is 12.2. The summed E-state index contributed by atoms with van der Waals surface area (Å²) in [6, 6.07) is 24.9. The summed E-state index contributed by atoms with van der Waals surface area (Å²) in [5, 5.41) is 0.328. The van der Waals surface area contributed by atoms with Gasteiger partial charge >= 0.3 is 12.5 Å². The number of hydrogen-bond acceptors (Lipinski definition) is 3. The molecule has 2 N–H and O–H groups in total. The predicted octanol–water partition coefficient (Wildman–Crippen LogP) is 8.46. The number of alkyl halides is 6. The summed E-state index contributed by atoms with van der Waals surface area (Å²) in [5.41, 5.74) is 9.22. The molecule has 9 heteroatoms. The molecule has 1 unspecified atom stereocenters. The van der Waals surface area contributed by atoms with E-state index >= 15 is 0 Å². The number of aromatic nitrogens is 1. The van der Waals surface area contributed by atoms with Gasteiger partial charge in [0.15, 0.2) is 0 Å². The van der Waals surface area contributed by atoms with E-state index in [9.17, 15) is 26.3 Å². The van der Waals surface area contributed by atoms with Crippen molar-refractivity contribution in [1.29, 1.82) is 0 Å². The maximum atomic E-state index is 13.9. The molecule has 0 aliphatic heterocycles. The van der Waals surface area contributed by atoms with Crippen molar-refractivity contribution in [3.05, 3.63) is 131 Å². The van der Waals surface area contributed by atoms with Gasteiger partial charge in [-0.25, -0.2) is 0 Å². The van der Waals surface area contributed by atoms with E-state index < -0.39 is 29.9 Å². The summed E-state index contributed by atoms with van der Waals surface area (Å²) < 4.78 is 83.8. The molecule has 0 bridgehead atoms. The van der Waals surface area contributed by atoms with Crippen LogP contribution >= 0.6 is 0 Å². The van der Waals surface area contributed by atoms with Crippen molar-refractivity contribution in [1.82, 2.24) is 4.98 Å². The molecule has 0 saturated heterocycles. The number of hydrogen-bond donors (Lipinski definition) is 1. The molecule has 1 atom stereocenters. The molecule has 5 rings (SSSR count). The first-order valence-corrected chi connectivity index (χ1v) is 12.2. The normalized spacial score (nSPS) is 12.9. The fraction of sp³-hybridized carbons (Fsp3) is 0.129. The lowest BCUT2D eigenvalue weighted by molar-refractivity contribution is -0.274. The number of para-hydroxylation sites is 1. The van der Waals surface area contributed by atoms with Gasteiger partial charge < -0.3 is 10.5 Å². The molecule has 0 amide bonds. The molecule has 0 spiro atoms. The largest absolute Gasteiger partial charge is 0.573 e. The van der Waals surface area contributed by atoms with Crippen molar-refractivity contribution in [3.63, 3.8) is 0 Å². The Kier molecular flexibility index (Phi) is 7.25. The highest BCUT2D eigenvalue weighted by Gasteiger charge is 2.34. The second-order valence-corrected chi connectivity index (χ2v) is 9.24. The quantitative estimate of drug-likeness (QED) is 0.215. The predicted molar refractivity (Wildman–Crippen MR) is 141 cm³/mol. The lowest BCUT2D eigenvalue weighted by atomic mass is 9.89. The minimum absolute atomic E-state index is 0.173. The summed E-state index contributed by atoms with van der Waals surface area (Å²) >= 11 is 0. The Balaban J connectivity index is 1.63. The average molecular weight is 553 g/mol. The molecule has 0 aliphatic carbocycles. The van der Waals surface area contributed by atoms with E-state index in [0.717, 1.165) is 11.6 Å². The molecule has 3 nitrogen and oxygen atoms in total. The molecule has 1 aromatic heterocycles. The fourth-order valence-electron chi connectivity index (χ4n) is 4.77. The molecule has 0 saturated carbocycles. The van der Waals surface area contributed by atoms with Gasteiger partial charge in [-0.3, -0.25) is 4.98 Å². The van der Waals surface area contributed by atoms with Crippen LogP contribution < -0.4 is 10.5 Å². The number of pyridine rings is 1. The number of rotatable bonds is 6. The maximum Gasteiger partial charge on any atom is 0.573 e. The second-order valence-electron chi connectivity index (χ2n) is 9.24. The van der Waals surface area contributed by atoms with E-state index in [-0.39, 0.29) is 5.52 Å². The Morgan fingerprint density at radius 1 is 0.750 bits per heavy atom. The summed E-state index contributed by atoms with van der Waals surface area (Å²) in [5.74, 6) is -0.401. The zero-order valence-electron chi connectivity index (χ0n) is 20.8. The summed E-state index contributed by atoms with van der Waals surface area (Å²) in [6.45, 7) is 0. The Hall–Kier alpha value is -4.37. The molecule has 204 valence electrons. The van der Waals surface area contributed by atoms with Crippen LogP contribution in [0.15, 0.2) is 103 Å². The van der Waals surface area contributed by atoms with E-state index in [2.05, 4.69) is 9.72 Å². The zero-order chi connectivity index (χ0) is 28.5. The van der Waals surface area contributed by atoms with Crippen molar-refractivity contribution < 1.29 is 31.1 Å². The second kappa shape index (κ2) is 10.7. The average Bonchev–Trinajstić information content (AvgIpc) is 2.91. The van der Waals surface area contributed by atoms with Crippen molar-refractivity contribution in [2.75, 3.05) is 0 Å². The van der Waals surface area contributed by atoms with Crippen molar-refractivity contribution in [2.45, 2.75) is 25.0 Å². The highest BCUT2D eigenvalue weighted by molar-refractivity contribution is 5.98. The smallest absolute Gasteiger partial charge is 0.406 e. The van der Waals surface area contributed by atoms with Crippen LogP contribution in [0.1, 0.15) is 33.9 Å². The van der Waals surface area contributed by atoms with Gasteiger partial charge in [0.2, 0.25) is 0 Å². The molecule has 4 aromatic carbocycles. The number of nitrogens with two attached hydrogens (primary N) is 1. The highest BCUT2D eigenvalue weighted by atomic mass is 19.4. The van der Waals surface area contributed by atoms with Crippen LogP contribution in [0.2, 0.25) is 0 Å². The first kappa shape index (κ1) is 27.2. The maximum absolute atomic E-state index is 13.9. The van der Waals surface area contributed by atoms with Crippen LogP contribution in [0, 0.1) is 0 Å². The Bertz CT molecular complexity index is 1650. The lowest BCUT2D eigenvalue weighted by Gasteiger charge is -2.19. The lowest BCUT2D eigenvalue weighted by Crippen LogP contribution is -2.18. The number of ether oxygens (including phenoxy) is 1. The molecular weight excluding hydrogens is 530 g/mol. The molecule has 0 aliphatic rings. The van der Waals surface area contributed by atoms with Gasteiger partial charge in [0, 0.05) is 11.6 Å². The van der Waals surface area contributed by atoms with Gasteiger partial charge in [-0.1, -0.05) is 72.8 Å². The summed E-state index contributed by atoms with van der Waals surface area (Å²) in [7, 11) is 0. The first-order chi connectivity index (χ1) is 19.0. The van der Waals surface area contributed by atoms with Crippen LogP contribution in [0.25, 0.3) is 22.0 Å². The molecular formula is C31H22F6N2O. The van der Waals surface area contributed by atoms with Gasteiger partial charge in [0.25, 0.3) is 0 Å². The van der Waals surface area contributed by atoms with Gasteiger partial charge in [0.05, 0.1) is 17.1 Å². The number of nitrogens with zero attached hydrogens (tertiary/aromatic N) is 1. The minimum Gasteiger partial charge on any atom is -0.406 e. The van der Waals surface area contributed by atoms with E-state index in [1.807, 2.05) is 30.3 Å². The van der Waals surface area contributed by atoms with Crippen LogP contribution in [0.4, 0.5) is 26.3 Å². The van der Waals surface area contributed by atoms with Crippen LogP contribution in [0.3, 0.4) is 0 Å². The van der Waals surface area contributed by atoms with Crippen LogP contribution in [-0.4, -0.2) is 11.3 Å². The van der Waals surface area contributed by atoms with Gasteiger partial charge in [-0.05, 0) is 64.1 Å². The van der Waals surface area contributed by atoms with Crippen LogP contribution in [-0.2, 0) is 12.6 Å². The molecule has 5 aromatic rings. The molecule has 1 heterocycles. The zero-order valence-corrected chi connectivity index (χ0v) is 20.8. The topological polar surface area (TPSA) is 48.1 Å². The van der Waals surface area contributed by atoms with E-state index in [1.54, 1.807) is 36.4 Å². The molecule has 40 heavy (non-hydrogen) atoms. The Morgan fingerprint density at radius 2 is 1.43 bits per heavy atom. The summed E-state index contributed by atoms with van der Waals surface area (Å²) in [6.07, 6.45) is -7.57. The molecule has 0 fully saturated rings. The van der Waals surface area contributed by atoms with E-state index in [0.29, 0.717) is 39.6 Å². The SMILES string of the molecule is NC(c1cccc(OC(F)(F)F)c1)c1cccc(-c2c(Cc3ccccc3)cnc3c(C(F)(F)F)cccc23)c1. The third-order valence-electron chi connectivity index (χ3n) is 6.50. The van der Waals surface area contributed by atoms with E-state index in [4.69, 9.17) is 5.73 Å². The number of benzene rings is 4. The van der Waals surface area contributed by atoms with Gasteiger partial charge in [-0.2, -0.15) is 13.2 Å². The van der Waals surface area contributed by atoms with Gasteiger partial charge in [0.1, 0.15) is 5.75 Å². The number of fused-ring (bicyclic) bond motifs is 1. The van der Waals surface area contributed by atoms with Crippen LogP contribution in [0.5, 0.6) is 5.75 Å². The minimum atomic E-state index is -4.85.